The average Bonchev–Trinajstić information content (AvgIpc) is 3.60. The number of aromatic nitrogens is 4. The van der Waals surface area contributed by atoms with Crippen LogP contribution in [0, 0.1) is 11.8 Å². The highest BCUT2D eigenvalue weighted by atomic mass is 16.4. The molecule has 2 N–H and O–H groups in total. The van der Waals surface area contributed by atoms with Crippen molar-refractivity contribution in [3.05, 3.63) is 56.7 Å². The molecule has 0 amide bonds. The van der Waals surface area contributed by atoms with Crippen LogP contribution in [0.1, 0.15) is 56.9 Å². The lowest BCUT2D eigenvalue weighted by Crippen LogP contribution is -2.42. The van der Waals surface area contributed by atoms with Crippen LogP contribution in [0.4, 0.5) is 0 Å². The number of H-pyrrole nitrogens is 1. The van der Waals surface area contributed by atoms with E-state index >= 15 is 0 Å². The van der Waals surface area contributed by atoms with Crippen LogP contribution in [-0.2, 0) is 17.9 Å². The van der Waals surface area contributed by atoms with Crippen LogP contribution in [-0.4, -0.2) is 30.2 Å². The Morgan fingerprint density at radius 1 is 0.971 bits per heavy atom. The smallest absolute Gasteiger partial charge is 0.332 e. The molecule has 178 valence electrons. The number of fused-ring (bicyclic) bond motifs is 1. The minimum atomic E-state index is -1.00. The first-order valence-corrected chi connectivity index (χ1v) is 12.2. The van der Waals surface area contributed by atoms with Crippen LogP contribution in [0.2, 0.25) is 0 Å². The van der Waals surface area contributed by atoms with E-state index in [9.17, 15) is 14.4 Å². The Kier molecular flexibility index (Phi) is 6.22. The number of imidazole rings is 1. The number of aliphatic carboxylic acids is 1. The number of rotatable bonds is 7. The van der Waals surface area contributed by atoms with E-state index in [0.717, 1.165) is 55.7 Å². The maximum atomic E-state index is 13.5. The number of carbonyl (C=O) groups is 1. The van der Waals surface area contributed by atoms with Gasteiger partial charge in [0.2, 0.25) is 0 Å². The molecule has 0 saturated heterocycles. The maximum Gasteiger partial charge on any atom is 0.332 e. The van der Waals surface area contributed by atoms with E-state index < -0.39 is 5.97 Å². The van der Waals surface area contributed by atoms with Gasteiger partial charge in [0.25, 0.3) is 5.56 Å². The molecule has 5 rings (SSSR count). The molecule has 8 heteroatoms. The predicted octanol–water partition coefficient (Wildman–Crippen LogP) is 4.03. The van der Waals surface area contributed by atoms with E-state index in [1.165, 1.54) is 23.5 Å². The van der Waals surface area contributed by atoms with E-state index in [2.05, 4.69) is 4.98 Å². The summed E-state index contributed by atoms with van der Waals surface area (Å²) < 4.78 is 3.14. The molecule has 0 spiro atoms. The van der Waals surface area contributed by atoms with Crippen LogP contribution in [0.25, 0.3) is 28.6 Å². The molecule has 0 atom stereocenters. The van der Waals surface area contributed by atoms with Gasteiger partial charge >= 0.3 is 11.7 Å². The molecule has 3 aromatic rings. The van der Waals surface area contributed by atoms with Gasteiger partial charge in [-0.1, -0.05) is 49.9 Å². The fraction of sp³-hybridized carbons (Fsp3) is 0.462. The number of nitrogens with one attached hydrogen (secondary N) is 1. The summed E-state index contributed by atoms with van der Waals surface area (Å²) in [6.07, 6.45) is 11.6. The summed E-state index contributed by atoms with van der Waals surface area (Å²) in [5, 5.41) is 8.82. The molecule has 0 aliphatic heterocycles. The Bertz CT molecular complexity index is 1330. The zero-order valence-electron chi connectivity index (χ0n) is 19.2. The molecule has 8 nitrogen and oxygen atoms in total. The van der Waals surface area contributed by atoms with Crippen LogP contribution in [0.3, 0.4) is 0 Å². The third kappa shape index (κ3) is 4.49. The molecule has 1 aromatic carbocycles. The van der Waals surface area contributed by atoms with E-state index in [1.807, 2.05) is 12.1 Å². The molecule has 34 heavy (non-hydrogen) atoms. The second-order valence-corrected chi connectivity index (χ2v) is 9.69. The molecule has 2 saturated carbocycles. The van der Waals surface area contributed by atoms with Gasteiger partial charge in [0.1, 0.15) is 11.3 Å². The highest BCUT2D eigenvalue weighted by molar-refractivity contribution is 5.85. The monoisotopic (exact) mass is 462 g/mol. The average molecular weight is 463 g/mol. The number of hydrogen-bond acceptors (Lipinski definition) is 4. The lowest BCUT2D eigenvalue weighted by molar-refractivity contribution is -0.131. The third-order valence-electron chi connectivity index (χ3n) is 7.29. The van der Waals surface area contributed by atoms with Crippen LogP contribution < -0.4 is 11.2 Å². The first kappa shape index (κ1) is 22.4. The van der Waals surface area contributed by atoms with Crippen molar-refractivity contribution < 1.29 is 9.90 Å². The SMILES string of the molecule is O=C(O)C=Cc1ccc(-c2nc3c([nH]2)c(=O)n(CC2CCCC2)c(=O)n3CC2CCCC2)cc1. The van der Waals surface area contributed by atoms with Gasteiger partial charge < -0.3 is 10.1 Å². The highest BCUT2D eigenvalue weighted by Crippen LogP contribution is 2.28. The van der Waals surface area contributed by atoms with Gasteiger partial charge in [-0.2, -0.15) is 0 Å². The normalized spacial score (nSPS) is 17.4. The lowest BCUT2D eigenvalue weighted by Gasteiger charge is -2.16. The molecule has 0 bridgehead atoms. The van der Waals surface area contributed by atoms with Crippen molar-refractivity contribution in [1.29, 1.82) is 0 Å². The van der Waals surface area contributed by atoms with Gasteiger partial charge in [0.15, 0.2) is 5.65 Å². The van der Waals surface area contributed by atoms with E-state index in [4.69, 9.17) is 10.1 Å². The van der Waals surface area contributed by atoms with Gasteiger partial charge in [0, 0.05) is 24.7 Å². The van der Waals surface area contributed by atoms with Gasteiger partial charge in [-0.05, 0) is 49.2 Å². The highest BCUT2D eigenvalue weighted by Gasteiger charge is 2.24. The lowest BCUT2D eigenvalue weighted by atomic mass is 10.1. The molecular weight excluding hydrogens is 432 g/mol. The van der Waals surface area contributed by atoms with E-state index in [0.29, 0.717) is 41.9 Å². The van der Waals surface area contributed by atoms with Crippen molar-refractivity contribution >= 4 is 23.2 Å². The van der Waals surface area contributed by atoms with Gasteiger partial charge in [-0.3, -0.25) is 13.9 Å². The summed E-state index contributed by atoms with van der Waals surface area (Å²) in [6, 6.07) is 7.25. The Morgan fingerprint density at radius 3 is 2.15 bits per heavy atom. The zero-order chi connectivity index (χ0) is 23.7. The third-order valence-corrected chi connectivity index (χ3v) is 7.29. The topological polar surface area (TPSA) is 110 Å². The molecule has 2 aromatic heterocycles. The predicted molar refractivity (Wildman–Crippen MR) is 131 cm³/mol. The number of aromatic amines is 1. The first-order valence-electron chi connectivity index (χ1n) is 12.2. The zero-order valence-corrected chi connectivity index (χ0v) is 19.2. The van der Waals surface area contributed by atoms with Crippen molar-refractivity contribution in [3.63, 3.8) is 0 Å². The molecular formula is C26H30N4O4. The molecule has 2 heterocycles. The maximum absolute atomic E-state index is 13.5. The van der Waals surface area contributed by atoms with Gasteiger partial charge in [-0.25, -0.2) is 14.6 Å². The summed E-state index contributed by atoms with van der Waals surface area (Å²) in [5.74, 6) is 0.324. The molecule has 2 aliphatic rings. The largest absolute Gasteiger partial charge is 0.478 e. The minimum absolute atomic E-state index is 0.247. The molecule has 0 radical (unpaired) electrons. The van der Waals surface area contributed by atoms with Gasteiger partial charge in [0.05, 0.1) is 0 Å². The second kappa shape index (κ2) is 9.44. The van der Waals surface area contributed by atoms with Crippen molar-refractivity contribution in [1.82, 2.24) is 19.1 Å². The first-order chi connectivity index (χ1) is 16.5. The van der Waals surface area contributed by atoms with Gasteiger partial charge in [-0.15, -0.1) is 0 Å². The fourth-order valence-electron chi connectivity index (χ4n) is 5.45. The Hall–Kier alpha value is -3.42. The van der Waals surface area contributed by atoms with E-state index in [-0.39, 0.29) is 11.2 Å². The number of benzene rings is 1. The Morgan fingerprint density at radius 2 is 1.56 bits per heavy atom. The van der Waals surface area contributed by atoms with Crippen LogP contribution in [0.5, 0.6) is 0 Å². The van der Waals surface area contributed by atoms with Crippen molar-refractivity contribution in [2.45, 2.75) is 64.5 Å². The summed E-state index contributed by atoms with van der Waals surface area (Å²) in [7, 11) is 0. The van der Waals surface area contributed by atoms with Crippen molar-refractivity contribution in [2.75, 3.05) is 0 Å². The summed E-state index contributed by atoms with van der Waals surface area (Å²) in [6.45, 7) is 1.06. The van der Waals surface area contributed by atoms with Crippen molar-refractivity contribution in [3.8, 4) is 11.4 Å². The van der Waals surface area contributed by atoms with Crippen LogP contribution >= 0.6 is 0 Å². The van der Waals surface area contributed by atoms with E-state index in [1.54, 1.807) is 16.7 Å². The molecule has 2 fully saturated rings. The summed E-state index contributed by atoms with van der Waals surface area (Å²) >= 11 is 0. The summed E-state index contributed by atoms with van der Waals surface area (Å²) in [5.41, 5.74) is 1.78. The second-order valence-electron chi connectivity index (χ2n) is 9.69. The molecule has 0 unspecified atom stereocenters. The van der Waals surface area contributed by atoms with Crippen molar-refractivity contribution in [2.24, 2.45) is 11.8 Å². The Balaban J connectivity index is 1.57. The Labute approximate surface area is 197 Å². The number of hydrogen-bond donors (Lipinski definition) is 2. The fourth-order valence-corrected chi connectivity index (χ4v) is 5.45. The number of nitrogens with zero attached hydrogens (tertiary/aromatic N) is 3. The number of carboxylic acids is 1. The minimum Gasteiger partial charge on any atom is -0.478 e. The van der Waals surface area contributed by atoms with Crippen LogP contribution in [0.15, 0.2) is 39.9 Å². The quantitative estimate of drug-likeness (QED) is 0.515. The summed E-state index contributed by atoms with van der Waals surface area (Å²) in [4.78, 5) is 45.5. The molecule has 2 aliphatic carbocycles. The standard InChI is InChI=1S/C26H30N4O4/c31-21(32)14-11-17-9-12-20(13-10-17)23-27-22-24(28-23)29(15-18-5-1-2-6-18)26(34)30(25(22)33)16-19-7-3-4-8-19/h9-14,18-19H,1-8,15-16H2,(H,27,28)(H,31,32). The number of carboxylic acid groups (broad SMARTS) is 1.